The summed E-state index contributed by atoms with van der Waals surface area (Å²) in [6, 6.07) is 8.03. The quantitative estimate of drug-likeness (QED) is 0.466. The van der Waals surface area contributed by atoms with Crippen molar-refractivity contribution in [2.75, 3.05) is 7.11 Å². The highest BCUT2D eigenvalue weighted by Crippen LogP contribution is 2.15. The molecule has 1 rings (SSSR count). The Kier molecular flexibility index (Phi) is 8.20. The summed E-state index contributed by atoms with van der Waals surface area (Å²) in [5.74, 6) is -0.688. The molecule has 0 heterocycles. The number of hydrogen-bond donors (Lipinski definition) is 3. The van der Waals surface area contributed by atoms with Crippen LogP contribution in [0.4, 0.5) is 4.79 Å². The van der Waals surface area contributed by atoms with E-state index in [4.69, 9.17) is 14.2 Å². The van der Waals surface area contributed by atoms with Gasteiger partial charge in [-0.1, -0.05) is 30.3 Å². The van der Waals surface area contributed by atoms with Crippen molar-refractivity contribution in [3.05, 3.63) is 35.9 Å². The van der Waals surface area contributed by atoms with Gasteiger partial charge in [-0.3, -0.25) is 5.32 Å². The number of ether oxygens (including phenoxy) is 3. The fourth-order valence-corrected chi connectivity index (χ4v) is 2.30. The highest BCUT2D eigenvalue weighted by molar-refractivity contribution is 5.82. The van der Waals surface area contributed by atoms with Crippen LogP contribution in [0.1, 0.15) is 40.2 Å². The SMILES string of the molecule is COC(=O)C(NC(=O)OCc1ccccc1)C(C)(C)NC(O)OC(C)(C)C. The van der Waals surface area contributed by atoms with Gasteiger partial charge in [0.05, 0.1) is 12.7 Å². The van der Waals surface area contributed by atoms with E-state index in [-0.39, 0.29) is 6.61 Å². The predicted molar refractivity (Wildman–Crippen MR) is 99.6 cm³/mol. The van der Waals surface area contributed by atoms with Crippen LogP contribution in [0.15, 0.2) is 30.3 Å². The van der Waals surface area contributed by atoms with Crippen LogP contribution in [0.2, 0.25) is 0 Å². The molecule has 0 bridgehead atoms. The molecule has 0 aliphatic heterocycles. The van der Waals surface area contributed by atoms with E-state index in [2.05, 4.69) is 10.6 Å². The van der Waals surface area contributed by atoms with Gasteiger partial charge >= 0.3 is 12.1 Å². The molecule has 2 unspecified atom stereocenters. The molecule has 0 saturated heterocycles. The first-order valence-corrected chi connectivity index (χ1v) is 8.63. The van der Waals surface area contributed by atoms with Gasteiger partial charge in [-0.05, 0) is 40.2 Å². The van der Waals surface area contributed by atoms with Crippen LogP contribution in [0.25, 0.3) is 0 Å². The molecule has 0 aromatic heterocycles. The largest absolute Gasteiger partial charge is 0.467 e. The van der Waals surface area contributed by atoms with Gasteiger partial charge in [-0.15, -0.1) is 0 Å². The van der Waals surface area contributed by atoms with Gasteiger partial charge in [0.1, 0.15) is 12.6 Å². The lowest BCUT2D eigenvalue weighted by Gasteiger charge is -2.36. The number of aliphatic hydroxyl groups is 1. The Hall–Kier alpha value is -2.16. The summed E-state index contributed by atoms with van der Waals surface area (Å²) in [4.78, 5) is 24.3. The molecule has 0 aliphatic rings. The van der Waals surface area contributed by atoms with E-state index in [1.807, 2.05) is 30.3 Å². The number of amides is 1. The van der Waals surface area contributed by atoms with Crippen molar-refractivity contribution in [1.82, 2.24) is 10.6 Å². The number of alkyl carbamates (subject to hydrolysis) is 1. The minimum absolute atomic E-state index is 0.0597. The highest BCUT2D eigenvalue weighted by Gasteiger charge is 2.39. The normalized spacial score (nSPS) is 14.2. The summed E-state index contributed by atoms with van der Waals surface area (Å²) in [5, 5.41) is 15.3. The zero-order chi connectivity index (χ0) is 20.7. The van der Waals surface area contributed by atoms with Crippen molar-refractivity contribution >= 4 is 12.1 Å². The Morgan fingerprint density at radius 1 is 1.11 bits per heavy atom. The van der Waals surface area contributed by atoms with Gasteiger partial charge in [-0.2, -0.15) is 0 Å². The lowest BCUT2D eigenvalue weighted by atomic mass is 9.94. The molecule has 1 amide bonds. The third-order valence-electron chi connectivity index (χ3n) is 3.59. The van der Waals surface area contributed by atoms with E-state index in [1.165, 1.54) is 7.11 Å². The Balaban J connectivity index is 2.75. The highest BCUT2D eigenvalue weighted by atomic mass is 16.6. The van der Waals surface area contributed by atoms with Gasteiger partial charge in [0.2, 0.25) is 6.41 Å². The van der Waals surface area contributed by atoms with E-state index in [0.717, 1.165) is 5.56 Å². The third kappa shape index (κ3) is 8.38. The minimum Gasteiger partial charge on any atom is -0.467 e. The van der Waals surface area contributed by atoms with E-state index in [0.29, 0.717) is 0 Å². The summed E-state index contributed by atoms with van der Waals surface area (Å²) in [6.45, 7) is 8.65. The number of carbonyl (C=O) groups is 2. The molecule has 0 aliphatic carbocycles. The molecule has 0 spiro atoms. The number of aliphatic hydroxyl groups excluding tert-OH is 1. The predicted octanol–water partition coefficient (Wildman–Crippen LogP) is 1.91. The molecular formula is C19H30N2O6. The second-order valence-corrected chi connectivity index (χ2v) is 7.61. The molecule has 0 fully saturated rings. The number of rotatable bonds is 8. The first-order valence-electron chi connectivity index (χ1n) is 8.63. The number of esters is 1. The third-order valence-corrected chi connectivity index (χ3v) is 3.59. The van der Waals surface area contributed by atoms with Crippen LogP contribution in [0.5, 0.6) is 0 Å². The van der Waals surface area contributed by atoms with Crippen molar-refractivity contribution in [3.8, 4) is 0 Å². The van der Waals surface area contributed by atoms with Crippen LogP contribution in [-0.4, -0.2) is 47.9 Å². The van der Waals surface area contributed by atoms with Crippen molar-refractivity contribution in [2.45, 2.75) is 64.8 Å². The van der Waals surface area contributed by atoms with Gasteiger partial charge < -0.3 is 24.6 Å². The zero-order valence-electron chi connectivity index (χ0n) is 16.7. The fourth-order valence-electron chi connectivity index (χ4n) is 2.30. The van der Waals surface area contributed by atoms with Crippen molar-refractivity contribution in [1.29, 1.82) is 0 Å². The Bertz CT molecular complexity index is 612. The average Bonchev–Trinajstić information content (AvgIpc) is 2.55. The van der Waals surface area contributed by atoms with E-state index >= 15 is 0 Å². The monoisotopic (exact) mass is 382 g/mol. The molecule has 27 heavy (non-hydrogen) atoms. The summed E-state index contributed by atoms with van der Waals surface area (Å²) in [7, 11) is 1.21. The van der Waals surface area contributed by atoms with E-state index in [1.54, 1.807) is 34.6 Å². The van der Waals surface area contributed by atoms with Crippen LogP contribution < -0.4 is 10.6 Å². The Labute approximate surface area is 160 Å². The van der Waals surface area contributed by atoms with Crippen molar-refractivity contribution in [3.63, 3.8) is 0 Å². The smallest absolute Gasteiger partial charge is 0.408 e. The van der Waals surface area contributed by atoms with Crippen LogP contribution in [0, 0.1) is 0 Å². The van der Waals surface area contributed by atoms with Gasteiger partial charge in [0.25, 0.3) is 0 Å². The second kappa shape index (κ2) is 9.68. The molecule has 1 aromatic rings. The molecule has 3 N–H and O–H groups in total. The van der Waals surface area contributed by atoms with E-state index < -0.39 is 35.7 Å². The molecule has 152 valence electrons. The number of carbonyl (C=O) groups excluding carboxylic acids is 2. The minimum atomic E-state index is -1.35. The molecule has 8 heteroatoms. The van der Waals surface area contributed by atoms with Gasteiger partial charge in [0, 0.05) is 5.54 Å². The summed E-state index contributed by atoms with van der Waals surface area (Å²) >= 11 is 0. The molecular weight excluding hydrogens is 352 g/mol. The molecule has 2 atom stereocenters. The summed E-state index contributed by atoms with van der Waals surface area (Å²) < 4.78 is 15.3. The van der Waals surface area contributed by atoms with Gasteiger partial charge in [-0.25, -0.2) is 9.59 Å². The van der Waals surface area contributed by atoms with Crippen LogP contribution in [-0.2, 0) is 25.6 Å². The summed E-state index contributed by atoms with van der Waals surface area (Å²) in [5.41, 5.74) is -0.886. The Morgan fingerprint density at radius 2 is 1.70 bits per heavy atom. The second-order valence-electron chi connectivity index (χ2n) is 7.61. The van der Waals surface area contributed by atoms with Crippen LogP contribution >= 0.6 is 0 Å². The lowest BCUT2D eigenvalue weighted by Crippen LogP contribution is -2.64. The fraction of sp³-hybridized carbons (Fsp3) is 0.579. The molecule has 1 aromatic carbocycles. The maximum Gasteiger partial charge on any atom is 0.408 e. The summed E-state index contributed by atoms with van der Waals surface area (Å²) in [6.07, 6.45) is -2.13. The molecule has 8 nitrogen and oxygen atoms in total. The van der Waals surface area contributed by atoms with Crippen molar-refractivity contribution < 1.29 is 28.9 Å². The number of methoxy groups -OCH3 is 1. The maximum absolute atomic E-state index is 12.2. The standard InChI is InChI=1S/C19H30N2O6/c1-18(2,3)27-17(24)21-19(4,5)14(15(22)25-6)20-16(23)26-12-13-10-8-7-9-11-13/h7-11,14,17,21,24H,12H2,1-6H3,(H,20,23). The van der Waals surface area contributed by atoms with Crippen LogP contribution in [0.3, 0.4) is 0 Å². The molecule has 0 saturated carbocycles. The topological polar surface area (TPSA) is 106 Å². The lowest BCUT2D eigenvalue weighted by molar-refractivity contribution is -0.193. The Morgan fingerprint density at radius 3 is 2.22 bits per heavy atom. The zero-order valence-corrected chi connectivity index (χ0v) is 16.7. The van der Waals surface area contributed by atoms with Gasteiger partial charge in [0.15, 0.2) is 0 Å². The first-order chi connectivity index (χ1) is 12.4. The molecule has 0 radical (unpaired) electrons. The maximum atomic E-state index is 12.2. The number of hydrogen-bond acceptors (Lipinski definition) is 7. The van der Waals surface area contributed by atoms with Crippen molar-refractivity contribution in [2.24, 2.45) is 0 Å². The first kappa shape index (κ1) is 22.9. The van der Waals surface area contributed by atoms with E-state index in [9.17, 15) is 14.7 Å². The number of benzene rings is 1. The average molecular weight is 382 g/mol. The number of nitrogens with one attached hydrogen (secondary N) is 2.